The molecule has 3 aromatic rings. The Hall–Kier alpha value is -3.10. The van der Waals surface area contributed by atoms with Gasteiger partial charge in [0.05, 0.1) is 7.05 Å². The van der Waals surface area contributed by atoms with Crippen LogP contribution in [0.15, 0.2) is 47.5 Å². The van der Waals surface area contributed by atoms with Crippen molar-refractivity contribution < 1.29 is 27.1 Å². The van der Waals surface area contributed by atoms with Gasteiger partial charge in [0.1, 0.15) is 11.9 Å². The van der Waals surface area contributed by atoms with Gasteiger partial charge in [-0.2, -0.15) is 18.6 Å². The molecular formula is C16H14F3N4O2+. The molecular weight excluding hydrogens is 337 g/mol. The van der Waals surface area contributed by atoms with Crippen LogP contribution in [0.2, 0.25) is 0 Å². The van der Waals surface area contributed by atoms with Crippen molar-refractivity contribution in [2.45, 2.75) is 13.1 Å². The molecule has 0 aliphatic heterocycles. The highest BCUT2D eigenvalue weighted by atomic mass is 19.4. The van der Waals surface area contributed by atoms with Crippen LogP contribution in [0.4, 0.5) is 13.2 Å². The first kappa shape index (κ1) is 16.7. The molecule has 0 aliphatic carbocycles. The first-order valence-electron chi connectivity index (χ1n) is 7.23. The number of halogens is 3. The Morgan fingerprint density at radius 3 is 2.64 bits per heavy atom. The summed E-state index contributed by atoms with van der Waals surface area (Å²) in [4.78, 5) is 12.3. The van der Waals surface area contributed by atoms with Crippen molar-refractivity contribution >= 4 is 5.91 Å². The number of hydrogen-bond donors (Lipinski definition) is 1. The summed E-state index contributed by atoms with van der Waals surface area (Å²) in [6.07, 6.45) is 0.525. The zero-order valence-corrected chi connectivity index (χ0v) is 13.3. The normalized spacial score (nSPS) is 11.6. The number of rotatable bonds is 3. The maximum atomic E-state index is 12.6. The molecule has 0 unspecified atom stereocenters. The molecule has 0 aliphatic rings. The van der Waals surface area contributed by atoms with Crippen LogP contribution in [0.25, 0.3) is 11.3 Å². The average molecular weight is 351 g/mol. The first-order chi connectivity index (χ1) is 11.7. The number of nitrogens with zero attached hydrogens (tertiary/aromatic N) is 3. The molecule has 0 saturated heterocycles. The highest BCUT2D eigenvalue weighted by Gasteiger charge is 2.36. The lowest BCUT2D eigenvalue weighted by Crippen LogP contribution is -2.27. The number of amides is 1. The first-order valence-corrected chi connectivity index (χ1v) is 7.23. The molecule has 9 heteroatoms. The second kappa shape index (κ2) is 6.08. The maximum Gasteiger partial charge on any atom is 0.452 e. The molecule has 0 saturated carbocycles. The fourth-order valence-corrected chi connectivity index (χ4v) is 2.32. The quantitative estimate of drug-likeness (QED) is 0.738. The number of benzene rings is 1. The predicted octanol–water partition coefficient (Wildman–Crippen LogP) is 2.68. The highest BCUT2D eigenvalue weighted by molar-refractivity contribution is 6.01. The number of carbonyl (C=O) groups is 1. The van der Waals surface area contributed by atoms with E-state index in [2.05, 4.69) is 15.1 Å². The van der Waals surface area contributed by atoms with E-state index in [4.69, 9.17) is 0 Å². The minimum absolute atomic E-state index is 0.0554. The molecule has 0 radical (unpaired) electrons. The van der Waals surface area contributed by atoms with E-state index in [1.165, 1.54) is 16.8 Å². The molecule has 1 amide bonds. The standard InChI is InChI=1S/C16H13F3N4O2/c1-10-7-11(13-8-14(25-21-13)16(17,18)19)3-4-12(10)15(24)20-23-6-5-22(2)9-23/h3-9H,1-2H3/p+1. The van der Waals surface area contributed by atoms with Crippen molar-refractivity contribution in [2.24, 2.45) is 7.05 Å². The second-order valence-corrected chi connectivity index (χ2v) is 5.53. The summed E-state index contributed by atoms with van der Waals surface area (Å²) < 4.78 is 45.3. The highest BCUT2D eigenvalue weighted by Crippen LogP contribution is 2.32. The van der Waals surface area contributed by atoms with Gasteiger partial charge in [0.25, 0.3) is 12.2 Å². The monoisotopic (exact) mass is 351 g/mol. The number of alkyl halides is 3. The summed E-state index contributed by atoms with van der Waals surface area (Å²) in [6, 6.07) is 5.47. The van der Waals surface area contributed by atoms with E-state index < -0.39 is 11.9 Å². The summed E-state index contributed by atoms with van der Waals surface area (Å²) >= 11 is 0. The van der Waals surface area contributed by atoms with E-state index in [1.807, 2.05) is 7.05 Å². The van der Waals surface area contributed by atoms with Crippen LogP contribution in [-0.4, -0.2) is 15.7 Å². The fraction of sp³-hybridized carbons (Fsp3) is 0.188. The summed E-state index contributed by atoms with van der Waals surface area (Å²) in [7, 11) is 1.82. The summed E-state index contributed by atoms with van der Waals surface area (Å²) in [6.45, 7) is 1.69. The topological polar surface area (TPSA) is 63.9 Å². The van der Waals surface area contributed by atoms with Gasteiger partial charge in [0.15, 0.2) is 6.20 Å². The van der Waals surface area contributed by atoms with Crippen LogP contribution in [0.3, 0.4) is 0 Å². The molecule has 2 heterocycles. The number of aryl methyl sites for hydroxylation is 2. The molecule has 25 heavy (non-hydrogen) atoms. The molecule has 1 N–H and O–H groups in total. The summed E-state index contributed by atoms with van der Waals surface area (Å²) in [5.74, 6) is -1.50. The summed E-state index contributed by atoms with van der Waals surface area (Å²) in [5.41, 5.74) is 4.17. The van der Waals surface area contributed by atoms with Gasteiger partial charge in [0.2, 0.25) is 5.76 Å². The third-order valence-corrected chi connectivity index (χ3v) is 3.56. The largest absolute Gasteiger partial charge is 0.452 e. The van der Waals surface area contributed by atoms with Gasteiger partial charge in [-0.05, 0) is 24.6 Å². The molecule has 3 rings (SSSR count). The van der Waals surface area contributed by atoms with E-state index in [-0.39, 0.29) is 11.6 Å². The van der Waals surface area contributed by atoms with Gasteiger partial charge in [-0.15, -0.1) is 4.68 Å². The van der Waals surface area contributed by atoms with Crippen molar-refractivity contribution in [3.63, 3.8) is 0 Å². The van der Waals surface area contributed by atoms with Crippen LogP contribution < -0.4 is 9.99 Å². The van der Waals surface area contributed by atoms with Crippen molar-refractivity contribution in [2.75, 3.05) is 5.43 Å². The van der Waals surface area contributed by atoms with Crippen molar-refractivity contribution in [1.29, 1.82) is 0 Å². The molecule has 2 aromatic heterocycles. The Kier molecular flexibility index (Phi) is 4.07. The lowest BCUT2D eigenvalue weighted by molar-refractivity contribution is -0.670. The lowest BCUT2D eigenvalue weighted by atomic mass is 10.0. The van der Waals surface area contributed by atoms with Crippen LogP contribution in [-0.2, 0) is 13.2 Å². The Morgan fingerprint density at radius 2 is 2.08 bits per heavy atom. The van der Waals surface area contributed by atoms with E-state index in [0.29, 0.717) is 16.7 Å². The fourth-order valence-electron chi connectivity index (χ4n) is 2.32. The number of carbonyl (C=O) groups excluding carboxylic acids is 1. The molecule has 0 fully saturated rings. The van der Waals surface area contributed by atoms with Gasteiger partial charge in [-0.3, -0.25) is 4.79 Å². The number of hydrogen-bond acceptors (Lipinski definition) is 3. The minimum Gasteiger partial charge on any atom is -0.351 e. The Balaban J connectivity index is 1.83. The average Bonchev–Trinajstić information content (AvgIpc) is 3.16. The van der Waals surface area contributed by atoms with Crippen molar-refractivity contribution in [3.8, 4) is 11.3 Å². The van der Waals surface area contributed by atoms with Crippen molar-refractivity contribution in [3.05, 3.63) is 59.9 Å². The third kappa shape index (κ3) is 3.54. The number of aromatic nitrogens is 3. The minimum atomic E-state index is -4.59. The zero-order chi connectivity index (χ0) is 18.2. The second-order valence-electron chi connectivity index (χ2n) is 5.53. The van der Waals surface area contributed by atoms with Crippen molar-refractivity contribution in [1.82, 2.24) is 9.83 Å². The molecule has 0 spiro atoms. The van der Waals surface area contributed by atoms with Gasteiger partial charge < -0.3 is 4.52 Å². The van der Waals surface area contributed by atoms with Gasteiger partial charge in [-0.1, -0.05) is 11.2 Å². The molecule has 1 aromatic carbocycles. The molecule has 6 nitrogen and oxygen atoms in total. The van der Waals surface area contributed by atoms with Crippen LogP contribution >= 0.6 is 0 Å². The predicted molar refractivity (Wildman–Crippen MR) is 81.0 cm³/mol. The Morgan fingerprint density at radius 1 is 1.32 bits per heavy atom. The third-order valence-electron chi connectivity index (χ3n) is 3.56. The maximum absolute atomic E-state index is 12.6. The lowest BCUT2D eigenvalue weighted by Gasteiger charge is -2.06. The van der Waals surface area contributed by atoms with Crippen LogP contribution in [0, 0.1) is 6.92 Å². The SMILES string of the molecule is Cc1cc(-c2cc(C(F)(F)F)on2)ccc1C(=O)Nn1cc[n+](C)c1. The smallest absolute Gasteiger partial charge is 0.351 e. The number of nitrogens with one attached hydrogen (secondary N) is 1. The summed E-state index contributed by atoms with van der Waals surface area (Å²) in [5, 5.41) is 3.44. The van der Waals surface area contributed by atoms with E-state index in [9.17, 15) is 18.0 Å². The Labute approximate surface area is 140 Å². The van der Waals surface area contributed by atoms with Gasteiger partial charge in [0, 0.05) is 17.2 Å². The van der Waals surface area contributed by atoms with Crippen LogP contribution in [0.1, 0.15) is 21.7 Å². The Bertz CT molecular complexity index is 928. The van der Waals surface area contributed by atoms with Gasteiger partial charge in [-0.25, -0.2) is 4.57 Å². The number of imidazole rings is 1. The molecule has 0 atom stereocenters. The molecule has 0 bridgehead atoms. The zero-order valence-electron chi connectivity index (χ0n) is 13.3. The van der Waals surface area contributed by atoms with Gasteiger partial charge >= 0.3 is 6.18 Å². The van der Waals surface area contributed by atoms with E-state index in [0.717, 1.165) is 6.07 Å². The van der Waals surface area contributed by atoms with E-state index in [1.54, 1.807) is 36.3 Å². The van der Waals surface area contributed by atoms with E-state index >= 15 is 0 Å². The molecule has 130 valence electrons. The van der Waals surface area contributed by atoms with Crippen LogP contribution in [0.5, 0.6) is 0 Å².